The Morgan fingerprint density at radius 2 is 1.79 bits per heavy atom. The van der Waals surface area contributed by atoms with Gasteiger partial charge in [-0.25, -0.2) is 13.1 Å². The van der Waals surface area contributed by atoms with Crippen LogP contribution < -0.4 is 10.5 Å². The van der Waals surface area contributed by atoms with Gasteiger partial charge in [-0.15, -0.1) is 11.3 Å². The summed E-state index contributed by atoms with van der Waals surface area (Å²) in [6.45, 7) is 6.59. The van der Waals surface area contributed by atoms with Crippen molar-refractivity contribution in [2.45, 2.75) is 56.2 Å². The van der Waals surface area contributed by atoms with Crippen LogP contribution in [-0.2, 0) is 16.4 Å². The topological polar surface area (TPSA) is 72.2 Å². The van der Waals surface area contributed by atoms with Gasteiger partial charge in [0.2, 0.25) is 0 Å². The Morgan fingerprint density at radius 1 is 1.21 bits per heavy atom. The van der Waals surface area contributed by atoms with E-state index >= 15 is 0 Å². The zero-order chi connectivity index (χ0) is 14.5. The molecule has 0 spiro atoms. The summed E-state index contributed by atoms with van der Waals surface area (Å²) < 4.78 is 28.1. The summed E-state index contributed by atoms with van der Waals surface area (Å²) in [5.41, 5.74) is 5.15. The van der Waals surface area contributed by atoms with Crippen LogP contribution in [0.15, 0.2) is 16.3 Å². The Kier molecular flexibility index (Phi) is 5.98. The van der Waals surface area contributed by atoms with Gasteiger partial charge in [-0.3, -0.25) is 0 Å². The third-order valence-electron chi connectivity index (χ3n) is 3.67. The molecule has 0 aromatic carbocycles. The Balaban J connectivity index is 2.96. The van der Waals surface area contributed by atoms with Crippen molar-refractivity contribution in [3.05, 3.63) is 17.0 Å². The van der Waals surface area contributed by atoms with Crippen LogP contribution >= 0.6 is 11.3 Å². The van der Waals surface area contributed by atoms with E-state index in [9.17, 15) is 8.42 Å². The van der Waals surface area contributed by atoms with Gasteiger partial charge < -0.3 is 5.73 Å². The van der Waals surface area contributed by atoms with Gasteiger partial charge in [-0.1, -0.05) is 20.8 Å². The van der Waals surface area contributed by atoms with Gasteiger partial charge >= 0.3 is 0 Å². The second kappa shape index (κ2) is 6.83. The average Bonchev–Trinajstić information content (AvgIpc) is 2.86. The fourth-order valence-corrected chi connectivity index (χ4v) is 5.07. The van der Waals surface area contributed by atoms with E-state index in [1.54, 1.807) is 6.07 Å². The fraction of sp³-hybridized carbons (Fsp3) is 0.692. The molecule has 0 saturated carbocycles. The van der Waals surface area contributed by atoms with Gasteiger partial charge in [-0.2, -0.15) is 0 Å². The normalized spacial score (nSPS) is 12.8. The maximum Gasteiger partial charge on any atom is 0.250 e. The molecule has 0 radical (unpaired) electrons. The molecule has 0 aliphatic carbocycles. The van der Waals surface area contributed by atoms with Gasteiger partial charge in [0.25, 0.3) is 10.0 Å². The van der Waals surface area contributed by atoms with Gasteiger partial charge in [0.1, 0.15) is 4.21 Å². The Labute approximate surface area is 120 Å². The Hall–Kier alpha value is -0.430. The fourth-order valence-electron chi connectivity index (χ4n) is 2.08. The average molecular weight is 304 g/mol. The van der Waals surface area contributed by atoms with E-state index in [1.165, 1.54) is 11.3 Å². The largest absolute Gasteiger partial charge is 0.330 e. The first kappa shape index (κ1) is 16.6. The van der Waals surface area contributed by atoms with Crippen LogP contribution in [0.1, 0.15) is 44.9 Å². The molecule has 6 heteroatoms. The molecule has 1 aromatic heterocycles. The molecule has 0 amide bonds. The van der Waals surface area contributed by atoms with Crippen LogP contribution in [0, 0.1) is 0 Å². The Morgan fingerprint density at radius 3 is 2.26 bits per heavy atom. The molecule has 0 aliphatic heterocycles. The first-order valence-corrected chi connectivity index (χ1v) is 9.05. The van der Waals surface area contributed by atoms with E-state index in [-0.39, 0.29) is 5.54 Å². The molecule has 3 N–H and O–H groups in total. The lowest BCUT2D eigenvalue weighted by Crippen LogP contribution is -2.46. The van der Waals surface area contributed by atoms with Crippen LogP contribution in [-0.4, -0.2) is 20.5 Å². The first-order chi connectivity index (χ1) is 8.93. The first-order valence-electron chi connectivity index (χ1n) is 6.75. The Bertz CT molecular complexity index is 482. The van der Waals surface area contributed by atoms with Crippen molar-refractivity contribution >= 4 is 21.4 Å². The molecule has 110 valence electrons. The summed E-state index contributed by atoms with van der Waals surface area (Å²) in [6, 6.07) is 3.52. The lowest BCUT2D eigenvalue weighted by molar-refractivity contribution is 0.342. The molecule has 0 fully saturated rings. The highest BCUT2D eigenvalue weighted by Crippen LogP contribution is 2.26. The van der Waals surface area contributed by atoms with Crippen molar-refractivity contribution in [1.29, 1.82) is 0 Å². The number of thiophene rings is 1. The molecular weight excluding hydrogens is 280 g/mol. The standard InChI is InChI=1S/C13H24N2O2S2/c1-4-13(5-2,6-3)15-19(16,17)12-8-7-11(18-12)9-10-14/h7-8,15H,4-6,9-10,14H2,1-3H3. The zero-order valence-corrected chi connectivity index (χ0v) is 13.5. The highest BCUT2D eigenvalue weighted by molar-refractivity contribution is 7.91. The van der Waals surface area contributed by atoms with E-state index in [1.807, 2.05) is 26.8 Å². The lowest BCUT2D eigenvalue weighted by atomic mass is 9.91. The molecule has 1 heterocycles. The van der Waals surface area contributed by atoms with E-state index in [0.717, 1.165) is 30.6 Å². The predicted octanol–water partition coefficient (Wildman–Crippen LogP) is 2.50. The van der Waals surface area contributed by atoms with Gasteiger partial charge in [-0.05, 0) is 44.4 Å². The van der Waals surface area contributed by atoms with Crippen LogP contribution in [0.25, 0.3) is 0 Å². The number of hydrogen-bond donors (Lipinski definition) is 2. The third-order valence-corrected chi connectivity index (χ3v) is 6.89. The van der Waals surface area contributed by atoms with Crippen molar-refractivity contribution in [3.8, 4) is 0 Å². The summed E-state index contributed by atoms with van der Waals surface area (Å²) in [5, 5.41) is 0. The van der Waals surface area contributed by atoms with E-state index in [2.05, 4.69) is 4.72 Å². The minimum atomic E-state index is -3.42. The van der Waals surface area contributed by atoms with Crippen molar-refractivity contribution in [2.75, 3.05) is 6.54 Å². The predicted molar refractivity (Wildman–Crippen MR) is 81.0 cm³/mol. The van der Waals surface area contributed by atoms with Crippen molar-refractivity contribution in [1.82, 2.24) is 4.72 Å². The quantitative estimate of drug-likeness (QED) is 0.775. The highest BCUT2D eigenvalue weighted by atomic mass is 32.2. The maximum absolute atomic E-state index is 12.4. The molecule has 0 saturated heterocycles. The molecule has 0 bridgehead atoms. The SMILES string of the molecule is CCC(CC)(CC)NS(=O)(=O)c1ccc(CCN)s1. The smallest absolute Gasteiger partial charge is 0.250 e. The summed E-state index contributed by atoms with van der Waals surface area (Å²) >= 11 is 1.31. The van der Waals surface area contributed by atoms with E-state index in [4.69, 9.17) is 5.73 Å². The minimum Gasteiger partial charge on any atom is -0.330 e. The van der Waals surface area contributed by atoms with Crippen LogP contribution in [0.2, 0.25) is 0 Å². The van der Waals surface area contributed by atoms with Crippen LogP contribution in [0.4, 0.5) is 0 Å². The van der Waals surface area contributed by atoms with E-state index < -0.39 is 10.0 Å². The summed E-state index contributed by atoms with van der Waals surface area (Å²) in [5.74, 6) is 0. The van der Waals surface area contributed by atoms with Crippen molar-refractivity contribution in [2.24, 2.45) is 5.73 Å². The number of nitrogens with one attached hydrogen (secondary N) is 1. The molecule has 1 rings (SSSR count). The summed E-state index contributed by atoms with van der Waals surface area (Å²) in [4.78, 5) is 1.01. The number of nitrogens with two attached hydrogens (primary N) is 1. The maximum atomic E-state index is 12.4. The molecule has 1 aromatic rings. The molecule has 19 heavy (non-hydrogen) atoms. The molecule has 0 atom stereocenters. The second-order valence-electron chi connectivity index (χ2n) is 4.71. The lowest BCUT2D eigenvalue weighted by Gasteiger charge is -2.30. The minimum absolute atomic E-state index is 0.336. The number of sulfonamides is 1. The summed E-state index contributed by atoms with van der Waals surface area (Å²) in [7, 11) is -3.42. The molecule has 0 aliphatic rings. The number of rotatable bonds is 8. The number of hydrogen-bond acceptors (Lipinski definition) is 4. The van der Waals surface area contributed by atoms with Crippen molar-refractivity contribution < 1.29 is 8.42 Å². The second-order valence-corrected chi connectivity index (χ2v) is 7.78. The zero-order valence-electron chi connectivity index (χ0n) is 11.9. The van der Waals surface area contributed by atoms with Gasteiger partial charge in [0, 0.05) is 10.4 Å². The molecule has 4 nitrogen and oxygen atoms in total. The van der Waals surface area contributed by atoms with Crippen molar-refractivity contribution in [3.63, 3.8) is 0 Å². The monoisotopic (exact) mass is 304 g/mol. The van der Waals surface area contributed by atoms with Gasteiger partial charge in [0.05, 0.1) is 0 Å². The molecule has 0 unspecified atom stereocenters. The third kappa shape index (κ3) is 4.02. The van der Waals surface area contributed by atoms with Gasteiger partial charge in [0.15, 0.2) is 0 Å². The summed E-state index contributed by atoms with van der Waals surface area (Å²) in [6.07, 6.45) is 3.10. The highest BCUT2D eigenvalue weighted by Gasteiger charge is 2.31. The van der Waals surface area contributed by atoms with Crippen LogP contribution in [0.5, 0.6) is 0 Å². The van der Waals surface area contributed by atoms with E-state index in [0.29, 0.717) is 10.8 Å². The molecular formula is C13H24N2O2S2. The van der Waals surface area contributed by atoms with Crippen LogP contribution in [0.3, 0.4) is 0 Å².